The SMILES string of the molecule is CCC1(C)CC2(C)CC2C1C. The van der Waals surface area contributed by atoms with Gasteiger partial charge in [0.25, 0.3) is 0 Å². The second-order valence-corrected chi connectivity index (χ2v) is 5.44. The molecule has 0 aromatic heterocycles. The van der Waals surface area contributed by atoms with Crippen molar-refractivity contribution in [1.82, 2.24) is 0 Å². The van der Waals surface area contributed by atoms with Gasteiger partial charge in [0.05, 0.1) is 0 Å². The third-order valence-electron chi connectivity index (χ3n) is 4.74. The van der Waals surface area contributed by atoms with Gasteiger partial charge in [-0.15, -0.1) is 0 Å². The monoisotopic (exact) mass is 152 g/mol. The summed E-state index contributed by atoms with van der Waals surface area (Å²) in [7, 11) is 0. The van der Waals surface area contributed by atoms with Crippen molar-refractivity contribution in [3.8, 4) is 0 Å². The van der Waals surface area contributed by atoms with Crippen molar-refractivity contribution >= 4 is 0 Å². The van der Waals surface area contributed by atoms with Gasteiger partial charge in [-0.25, -0.2) is 0 Å². The van der Waals surface area contributed by atoms with Crippen LogP contribution in [0.3, 0.4) is 0 Å². The van der Waals surface area contributed by atoms with Crippen LogP contribution in [0.5, 0.6) is 0 Å². The maximum Gasteiger partial charge on any atom is -0.0286 e. The van der Waals surface area contributed by atoms with Crippen molar-refractivity contribution < 1.29 is 0 Å². The topological polar surface area (TPSA) is 0 Å². The molecular weight excluding hydrogens is 132 g/mol. The highest BCUT2D eigenvalue weighted by Crippen LogP contribution is 2.72. The lowest BCUT2D eigenvalue weighted by Gasteiger charge is -2.31. The third-order valence-corrected chi connectivity index (χ3v) is 4.74. The van der Waals surface area contributed by atoms with Crippen molar-refractivity contribution in [3.63, 3.8) is 0 Å². The second kappa shape index (κ2) is 1.84. The van der Waals surface area contributed by atoms with Crippen molar-refractivity contribution in [2.24, 2.45) is 22.7 Å². The van der Waals surface area contributed by atoms with Gasteiger partial charge in [0.2, 0.25) is 0 Å². The minimum Gasteiger partial charge on any atom is -0.0649 e. The smallest absolute Gasteiger partial charge is 0.0286 e. The highest BCUT2D eigenvalue weighted by atomic mass is 14.7. The van der Waals surface area contributed by atoms with Crippen LogP contribution < -0.4 is 0 Å². The predicted molar refractivity (Wildman–Crippen MR) is 48.4 cm³/mol. The van der Waals surface area contributed by atoms with Crippen LogP contribution >= 0.6 is 0 Å². The van der Waals surface area contributed by atoms with Crippen molar-refractivity contribution in [2.75, 3.05) is 0 Å². The molecule has 4 unspecified atom stereocenters. The van der Waals surface area contributed by atoms with Gasteiger partial charge in [0, 0.05) is 0 Å². The van der Waals surface area contributed by atoms with E-state index in [0.29, 0.717) is 5.41 Å². The first-order valence-corrected chi connectivity index (χ1v) is 5.02. The zero-order valence-corrected chi connectivity index (χ0v) is 8.28. The number of hydrogen-bond donors (Lipinski definition) is 0. The van der Waals surface area contributed by atoms with Crippen LogP contribution in [-0.2, 0) is 0 Å². The summed E-state index contributed by atoms with van der Waals surface area (Å²) in [6.07, 6.45) is 4.38. The Morgan fingerprint density at radius 2 is 2.00 bits per heavy atom. The normalized spacial score (nSPS) is 61.1. The molecule has 4 atom stereocenters. The fourth-order valence-corrected chi connectivity index (χ4v) is 3.44. The van der Waals surface area contributed by atoms with E-state index >= 15 is 0 Å². The Balaban J connectivity index is 2.19. The maximum atomic E-state index is 2.48. The van der Waals surface area contributed by atoms with E-state index in [0.717, 1.165) is 17.3 Å². The van der Waals surface area contributed by atoms with E-state index in [1.54, 1.807) is 0 Å². The Labute approximate surface area is 70.4 Å². The fraction of sp³-hybridized carbons (Fsp3) is 1.00. The standard InChI is InChI=1S/C11H20/c1-5-10(3)7-11(4)6-9(11)8(10)2/h8-9H,5-7H2,1-4H3. The molecule has 0 aliphatic heterocycles. The summed E-state index contributed by atoms with van der Waals surface area (Å²) in [6.45, 7) is 9.78. The van der Waals surface area contributed by atoms with E-state index in [-0.39, 0.29) is 0 Å². The Bertz CT molecular complexity index is 184. The molecule has 0 radical (unpaired) electrons. The highest BCUT2D eigenvalue weighted by molar-refractivity contribution is 5.13. The number of fused-ring (bicyclic) bond motifs is 1. The van der Waals surface area contributed by atoms with E-state index in [9.17, 15) is 0 Å². The molecule has 0 amide bonds. The lowest BCUT2D eigenvalue weighted by molar-refractivity contribution is 0.193. The van der Waals surface area contributed by atoms with E-state index in [1.165, 1.54) is 19.3 Å². The zero-order valence-electron chi connectivity index (χ0n) is 8.28. The summed E-state index contributed by atoms with van der Waals surface area (Å²) in [6, 6.07) is 0. The molecule has 2 fully saturated rings. The number of rotatable bonds is 1. The number of hydrogen-bond acceptors (Lipinski definition) is 0. The van der Waals surface area contributed by atoms with E-state index in [4.69, 9.17) is 0 Å². The van der Waals surface area contributed by atoms with E-state index in [2.05, 4.69) is 27.7 Å². The molecule has 0 heteroatoms. The first-order valence-electron chi connectivity index (χ1n) is 5.02. The van der Waals surface area contributed by atoms with E-state index in [1.807, 2.05) is 0 Å². The molecule has 2 rings (SSSR count). The van der Waals surface area contributed by atoms with Crippen LogP contribution in [0.4, 0.5) is 0 Å². The predicted octanol–water partition coefficient (Wildman–Crippen LogP) is 3.47. The van der Waals surface area contributed by atoms with Gasteiger partial charge in [-0.2, -0.15) is 0 Å². The molecule has 64 valence electrons. The minimum absolute atomic E-state index is 0.678. The van der Waals surface area contributed by atoms with Crippen LogP contribution in [0.15, 0.2) is 0 Å². The zero-order chi connectivity index (χ0) is 8.28. The lowest BCUT2D eigenvalue weighted by atomic mass is 9.74. The largest absolute Gasteiger partial charge is 0.0649 e. The molecule has 2 aliphatic carbocycles. The summed E-state index contributed by atoms with van der Waals surface area (Å²) >= 11 is 0. The Kier molecular flexibility index (Phi) is 1.28. The average Bonchev–Trinajstić information content (AvgIpc) is 2.55. The minimum atomic E-state index is 0.678. The Hall–Kier alpha value is 0. The van der Waals surface area contributed by atoms with Crippen molar-refractivity contribution in [2.45, 2.75) is 47.0 Å². The molecular formula is C11H20. The molecule has 0 nitrogen and oxygen atoms in total. The lowest BCUT2D eigenvalue weighted by Crippen LogP contribution is -2.21. The molecule has 0 N–H and O–H groups in total. The Morgan fingerprint density at radius 3 is 2.27 bits per heavy atom. The maximum absolute atomic E-state index is 2.48. The quantitative estimate of drug-likeness (QED) is 0.539. The fourth-order valence-electron chi connectivity index (χ4n) is 3.44. The van der Waals surface area contributed by atoms with E-state index < -0.39 is 0 Å². The molecule has 0 bridgehead atoms. The summed E-state index contributed by atoms with van der Waals surface area (Å²) in [5.74, 6) is 2.06. The van der Waals surface area contributed by atoms with Gasteiger partial charge in [-0.3, -0.25) is 0 Å². The van der Waals surface area contributed by atoms with Crippen LogP contribution in [0.25, 0.3) is 0 Å². The van der Waals surface area contributed by atoms with Gasteiger partial charge in [-0.1, -0.05) is 34.1 Å². The average molecular weight is 152 g/mol. The molecule has 0 heterocycles. The molecule has 2 aliphatic rings. The van der Waals surface area contributed by atoms with Gasteiger partial charge in [0.1, 0.15) is 0 Å². The van der Waals surface area contributed by atoms with Gasteiger partial charge in [0.15, 0.2) is 0 Å². The summed E-state index contributed by atoms with van der Waals surface area (Å²) in [4.78, 5) is 0. The molecule has 2 saturated carbocycles. The van der Waals surface area contributed by atoms with Gasteiger partial charge < -0.3 is 0 Å². The Morgan fingerprint density at radius 1 is 1.36 bits per heavy atom. The van der Waals surface area contributed by atoms with Crippen LogP contribution in [0, 0.1) is 22.7 Å². The van der Waals surface area contributed by atoms with Crippen LogP contribution in [0.2, 0.25) is 0 Å². The molecule has 0 aromatic rings. The highest BCUT2D eigenvalue weighted by Gasteiger charge is 2.63. The molecule has 11 heavy (non-hydrogen) atoms. The third kappa shape index (κ3) is 0.816. The van der Waals surface area contributed by atoms with Gasteiger partial charge in [-0.05, 0) is 35.5 Å². The van der Waals surface area contributed by atoms with Crippen LogP contribution in [-0.4, -0.2) is 0 Å². The first kappa shape index (κ1) is 7.64. The molecule has 0 aromatic carbocycles. The van der Waals surface area contributed by atoms with Crippen molar-refractivity contribution in [1.29, 1.82) is 0 Å². The first-order chi connectivity index (χ1) is 5.02. The van der Waals surface area contributed by atoms with Crippen LogP contribution in [0.1, 0.15) is 47.0 Å². The summed E-state index contributed by atoms with van der Waals surface area (Å²) in [5.41, 5.74) is 1.45. The second-order valence-electron chi connectivity index (χ2n) is 5.44. The van der Waals surface area contributed by atoms with Gasteiger partial charge >= 0.3 is 0 Å². The summed E-state index contributed by atoms with van der Waals surface area (Å²) in [5, 5.41) is 0. The molecule has 0 saturated heterocycles. The van der Waals surface area contributed by atoms with Crippen molar-refractivity contribution in [3.05, 3.63) is 0 Å². The molecule has 0 spiro atoms. The summed E-state index contributed by atoms with van der Waals surface area (Å²) < 4.78 is 0.